The zero-order chi connectivity index (χ0) is 13.0. The van der Waals surface area contributed by atoms with Crippen molar-refractivity contribution in [1.29, 1.82) is 0 Å². The molecule has 6 heteroatoms. The molecule has 0 aliphatic heterocycles. The maximum atomic E-state index is 11.8. The molecule has 0 aliphatic rings. The summed E-state index contributed by atoms with van der Waals surface area (Å²) in [5.74, 6) is -1.56. The van der Waals surface area contributed by atoms with Gasteiger partial charge >= 0.3 is 5.97 Å². The minimum absolute atomic E-state index is 0.0181. The summed E-state index contributed by atoms with van der Waals surface area (Å²) in [6.07, 6.45) is 0.990. The van der Waals surface area contributed by atoms with Gasteiger partial charge in [0.2, 0.25) is 0 Å². The Morgan fingerprint density at radius 2 is 2.18 bits per heavy atom. The number of carboxylic acid groups (broad SMARTS) is 1. The van der Waals surface area contributed by atoms with E-state index in [4.69, 9.17) is 14.6 Å². The fraction of sp³-hybridized carbons (Fsp3) is 0.455. The van der Waals surface area contributed by atoms with Crippen molar-refractivity contribution in [2.75, 3.05) is 13.6 Å². The number of carbonyl (C=O) groups is 2. The van der Waals surface area contributed by atoms with Crippen molar-refractivity contribution in [3.63, 3.8) is 0 Å². The highest BCUT2D eigenvalue weighted by Crippen LogP contribution is 2.10. The monoisotopic (exact) mass is 241 g/mol. The molecule has 0 aromatic carbocycles. The molecule has 2 N–H and O–H groups in total. The second kappa shape index (κ2) is 5.49. The van der Waals surface area contributed by atoms with Crippen molar-refractivity contribution < 1.29 is 24.2 Å². The normalized spacial score (nSPS) is 12.2. The van der Waals surface area contributed by atoms with Gasteiger partial charge in [0.1, 0.15) is 6.26 Å². The van der Waals surface area contributed by atoms with E-state index in [1.807, 2.05) is 0 Å². The third-order valence-corrected chi connectivity index (χ3v) is 2.29. The second-order valence-corrected chi connectivity index (χ2v) is 3.87. The number of nitrogens with zero attached hydrogens (tertiary/aromatic N) is 1. The Morgan fingerprint density at radius 3 is 2.65 bits per heavy atom. The van der Waals surface area contributed by atoms with Crippen LogP contribution in [-0.2, 0) is 0 Å². The fourth-order valence-corrected chi connectivity index (χ4v) is 1.23. The van der Waals surface area contributed by atoms with Crippen molar-refractivity contribution in [3.8, 4) is 0 Å². The number of carbonyl (C=O) groups excluding carboxylic acids is 1. The molecule has 0 saturated heterocycles. The molecule has 1 amide bonds. The Balaban J connectivity index is 2.65. The Kier molecular flexibility index (Phi) is 4.28. The van der Waals surface area contributed by atoms with Crippen molar-refractivity contribution in [3.05, 3.63) is 23.7 Å². The van der Waals surface area contributed by atoms with E-state index in [9.17, 15) is 9.59 Å². The van der Waals surface area contributed by atoms with Crippen LogP contribution in [0.4, 0.5) is 0 Å². The van der Waals surface area contributed by atoms with E-state index in [0.29, 0.717) is 13.0 Å². The lowest BCUT2D eigenvalue weighted by atomic mass is 10.2. The highest BCUT2D eigenvalue weighted by Gasteiger charge is 2.18. The molecule has 0 radical (unpaired) electrons. The Hall–Kier alpha value is -1.82. The minimum atomic E-state index is -1.14. The SMILES string of the molecule is CC(O)CCN(C)C(=O)c1cc(C(=O)O)co1. The maximum Gasteiger partial charge on any atom is 0.338 e. The number of rotatable bonds is 5. The number of carboxylic acids is 1. The fourth-order valence-electron chi connectivity index (χ4n) is 1.23. The summed E-state index contributed by atoms with van der Waals surface area (Å²) in [6, 6.07) is 1.18. The van der Waals surface area contributed by atoms with Crippen molar-refractivity contribution in [1.82, 2.24) is 4.90 Å². The van der Waals surface area contributed by atoms with Crippen LogP contribution in [0.25, 0.3) is 0 Å². The first-order valence-corrected chi connectivity index (χ1v) is 5.17. The molecule has 0 spiro atoms. The van der Waals surface area contributed by atoms with Crippen LogP contribution in [0.3, 0.4) is 0 Å². The molecular formula is C11H15NO5. The highest BCUT2D eigenvalue weighted by atomic mass is 16.4. The summed E-state index contributed by atoms with van der Waals surface area (Å²) >= 11 is 0. The number of aliphatic hydroxyl groups is 1. The van der Waals surface area contributed by atoms with E-state index >= 15 is 0 Å². The largest absolute Gasteiger partial charge is 0.478 e. The summed E-state index contributed by atoms with van der Waals surface area (Å²) in [4.78, 5) is 23.7. The van der Waals surface area contributed by atoms with Crippen molar-refractivity contribution in [2.45, 2.75) is 19.4 Å². The predicted molar refractivity (Wildman–Crippen MR) is 58.9 cm³/mol. The molecule has 0 bridgehead atoms. The van der Waals surface area contributed by atoms with E-state index in [1.54, 1.807) is 14.0 Å². The number of hydrogen-bond acceptors (Lipinski definition) is 4. The van der Waals surface area contributed by atoms with E-state index in [-0.39, 0.29) is 11.3 Å². The summed E-state index contributed by atoms with van der Waals surface area (Å²) < 4.78 is 4.88. The molecule has 6 nitrogen and oxygen atoms in total. The van der Waals surface area contributed by atoms with E-state index in [2.05, 4.69) is 0 Å². The summed E-state index contributed by atoms with van der Waals surface area (Å²) in [7, 11) is 1.56. The van der Waals surface area contributed by atoms with E-state index in [0.717, 1.165) is 6.26 Å². The Bertz CT molecular complexity index is 410. The van der Waals surface area contributed by atoms with E-state index in [1.165, 1.54) is 11.0 Å². The van der Waals surface area contributed by atoms with Gasteiger partial charge < -0.3 is 19.5 Å². The van der Waals surface area contributed by atoms with Crippen LogP contribution in [0, 0.1) is 0 Å². The van der Waals surface area contributed by atoms with Gasteiger partial charge in [0, 0.05) is 19.7 Å². The molecule has 94 valence electrons. The van der Waals surface area contributed by atoms with Gasteiger partial charge in [-0.25, -0.2) is 4.79 Å². The molecule has 1 atom stereocenters. The van der Waals surface area contributed by atoms with E-state index < -0.39 is 18.0 Å². The molecule has 1 rings (SSSR count). The zero-order valence-electron chi connectivity index (χ0n) is 9.71. The smallest absolute Gasteiger partial charge is 0.338 e. The topological polar surface area (TPSA) is 91.0 Å². The molecule has 0 aliphatic carbocycles. The van der Waals surface area contributed by atoms with Gasteiger partial charge in [-0.1, -0.05) is 0 Å². The van der Waals surface area contributed by atoms with Gasteiger partial charge in [-0.15, -0.1) is 0 Å². The highest BCUT2D eigenvalue weighted by molar-refractivity contribution is 5.95. The molecule has 0 saturated carbocycles. The first-order valence-electron chi connectivity index (χ1n) is 5.17. The van der Waals surface area contributed by atoms with Gasteiger partial charge in [0.15, 0.2) is 5.76 Å². The lowest BCUT2D eigenvalue weighted by molar-refractivity contribution is 0.0694. The third kappa shape index (κ3) is 3.60. The van der Waals surface area contributed by atoms with Crippen LogP contribution in [0.1, 0.15) is 34.3 Å². The van der Waals surface area contributed by atoms with Crippen LogP contribution in [0.2, 0.25) is 0 Å². The van der Waals surface area contributed by atoms with Crippen LogP contribution in [-0.4, -0.2) is 46.7 Å². The van der Waals surface area contributed by atoms with Crippen molar-refractivity contribution >= 4 is 11.9 Å². The first-order chi connectivity index (χ1) is 7.91. The minimum Gasteiger partial charge on any atom is -0.478 e. The summed E-state index contributed by atoms with van der Waals surface area (Å²) in [6.45, 7) is 2.01. The predicted octanol–water partition coefficient (Wildman–Crippen LogP) is 0.821. The van der Waals surface area contributed by atoms with Crippen LogP contribution in [0.5, 0.6) is 0 Å². The lowest BCUT2D eigenvalue weighted by Gasteiger charge is -2.16. The number of furan rings is 1. The zero-order valence-corrected chi connectivity index (χ0v) is 9.71. The average molecular weight is 241 g/mol. The van der Waals surface area contributed by atoms with Crippen LogP contribution in [0.15, 0.2) is 16.7 Å². The molecule has 1 unspecified atom stereocenters. The second-order valence-electron chi connectivity index (χ2n) is 3.87. The number of aromatic carboxylic acids is 1. The summed E-state index contributed by atoms with van der Waals surface area (Å²) in [5.41, 5.74) is -0.0581. The average Bonchev–Trinajstić information content (AvgIpc) is 2.73. The first kappa shape index (κ1) is 13.2. The lowest BCUT2D eigenvalue weighted by Crippen LogP contribution is -2.29. The Labute approximate surface area is 98.5 Å². The van der Waals surface area contributed by atoms with Gasteiger partial charge in [-0.3, -0.25) is 4.79 Å². The quantitative estimate of drug-likeness (QED) is 0.796. The molecule has 1 aromatic heterocycles. The molecule has 17 heavy (non-hydrogen) atoms. The molecule has 0 fully saturated rings. The maximum absolute atomic E-state index is 11.8. The van der Waals surface area contributed by atoms with Crippen LogP contribution < -0.4 is 0 Å². The van der Waals surface area contributed by atoms with Gasteiger partial charge in [-0.05, 0) is 13.3 Å². The number of amides is 1. The van der Waals surface area contributed by atoms with Gasteiger partial charge in [0.05, 0.1) is 11.7 Å². The molecule has 1 heterocycles. The standard InChI is InChI=1S/C11H15NO5/c1-7(13)3-4-12(2)10(14)9-5-8(6-17-9)11(15)16/h5-7,13H,3-4H2,1-2H3,(H,15,16). The number of hydrogen-bond donors (Lipinski definition) is 2. The van der Waals surface area contributed by atoms with Crippen LogP contribution >= 0.6 is 0 Å². The third-order valence-electron chi connectivity index (χ3n) is 2.29. The van der Waals surface area contributed by atoms with Crippen molar-refractivity contribution in [2.24, 2.45) is 0 Å². The Morgan fingerprint density at radius 1 is 1.53 bits per heavy atom. The molecule has 1 aromatic rings. The number of aliphatic hydroxyl groups excluding tert-OH is 1. The molecular weight excluding hydrogens is 226 g/mol. The summed E-state index contributed by atoms with van der Waals surface area (Å²) in [5, 5.41) is 17.8. The van der Waals surface area contributed by atoms with Gasteiger partial charge in [0.25, 0.3) is 5.91 Å². The van der Waals surface area contributed by atoms with Gasteiger partial charge in [-0.2, -0.15) is 0 Å².